The predicted molar refractivity (Wildman–Crippen MR) is 155 cm³/mol. The van der Waals surface area contributed by atoms with E-state index in [9.17, 15) is 14.0 Å². The number of rotatable bonds is 9. The van der Waals surface area contributed by atoms with E-state index in [2.05, 4.69) is 15.3 Å². The smallest absolute Gasteiger partial charge is 0.251 e. The molecule has 0 aliphatic carbocycles. The molecule has 41 heavy (non-hydrogen) atoms. The van der Waals surface area contributed by atoms with E-state index in [0.29, 0.717) is 38.5 Å². The second-order valence-corrected chi connectivity index (χ2v) is 10.8. The van der Waals surface area contributed by atoms with Crippen molar-refractivity contribution in [3.8, 4) is 11.5 Å². The minimum atomic E-state index is -1.05. The molecule has 1 N–H and O–H groups in total. The lowest BCUT2D eigenvalue weighted by atomic mass is 10.0. The van der Waals surface area contributed by atoms with Crippen LogP contribution >= 0.6 is 23.4 Å². The van der Waals surface area contributed by atoms with E-state index in [1.807, 2.05) is 19.9 Å². The Morgan fingerprint density at radius 2 is 1.66 bits per heavy atom. The summed E-state index contributed by atoms with van der Waals surface area (Å²) in [7, 11) is 0. The molecule has 1 aromatic heterocycles. The molecule has 210 valence electrons. The third-order valence-electron chi connectivity index (χ3n) is 6.26. The first kappa shape index (κ1) is 28.4. The summed E-state index contributed by atoms with van der Waals surface area (Å²) in [5.41, 5.74) is 3.26. The third kappa shape index (κ3) is 7.14. The molecule has 1 unspecified atom stereocenters. The van der Waals surface area contributed by atoms with E-state index in [1.165, 1.54) is 28.8 Å². The van der Waals surface area contributed by atoms with Crippen LogP contribution in [0, 0.1) is 19.7 Å². The SMILES string of the molecule is Cc1cc(C)nc(SCC(=O)N(Cc2ccc(F)cc2)C(C(=O)Nc2ccc3c(c2)OCO3)c2ccc(Cl)cc2)n1. The normalized spacial score (nSPS) is 12.6. The Morgan fingerprint density at radius 1 is 0.976 bits per heavy atom. The molecule has 1 aliphatic heterocycles. The molecule has 11 heteroatoms. The Hall–Kier alpha value is -4.15. The van der Waals surface area contributed by atoms with Gasteiger partial charge < -0.3 is 19.7 Å². The van der Waals surface area contributed by atoms with Gasteiger partial charge in [-0.05, 0) is 67.4 Å². The van der Waals surface area contributed by atoms with Crippen LogP contribution in [0.5, 0.6) is 11.5 Å². The van der Waals surface area contributed by atoms with Crippen LogP contribution in [0.15, 0.2) is 78.0 Å². The van der Waals surface area contributed by atoms with Crippen molar-refractivity contribution < 1.29 is 23.5 Å². The molecule has 1 atom stereocenters. The van der Waals surface area contributed by atoms with Crippen LogP contribution in [0.4, 0.5) is 10.1 Å². The average Bonchev–Trinajstić information content (AvgIpc) is 3.41. The van der Waals surface area contributed by atoms with Gasteiger partial charge in [-0.1, -0.05) is 47.6 Å². The van der Waals surface area contributed by atoms with Crippen molar-refractivity contribution in [1.29, 1.82) is 0 Å². The van der Waals surface area contributed by atoms with Gasteiger partial charge in [-0.2, -0.15) is 0 Å². The minimum absolute atomic E-state index is 0.0223. The number of nitrogens with one attached hydrogen (secondary N) is 1. The second kappa shape index (κ2) is 12.6. The van der Waals surface area contributed by atoms with Gasteiger partial charge in [0.15, 0.2) is 16.7 Å². The Bertz CT molecular complexity index is 1550. The molecular formula is C30H26ClFN4O4S. The highest BCUT2D eigenvalue weighted by Crippen LogP contribution is 2.35. The molecule has 0 fully saturated rings. The number of aromatic nitrogens is 2. The standard InChI is InChI=1S/C30H26ClFN4O4S/c1-18-13-19(2)34-30(33-18)41-16-27(37)36(15-20-3-9-23(32)10-4-20)28(21-5-7-22(31)8-6-21)29(38)35-24-11-12-25-26(14-24)40-17-39-25/h3-14,28H,15-17H2,1-2H3,(H,35,38). The van der Waals surface area contributed by atoms with Crippen molar-refractivity contribution in [1.82, 2.24) is 14.9 Å². The zero-order valence-corrected chi connectivity index (χ0v) is 23.8. The number of anilines is 1. The lowest BCUT2D eigenvalue weighted by Gasteiger charge is -2.31. The van der Waals surface area contributed by atoms with Crippen molar-refractivity contribution in [2.45, 2.75) is 31.6 Å². The highest BCUT2D eigenvalue weighted by atomic mass is 35.5. The fraction of sp³-hybridized carbons (Fsp3) is 0.200. The molecule has 3 aromatic carbocycles. The van der Waals surface area contributed by atoms with Crippen LogP contribution in [0.2, 0.25) is 5.02 Å². The summed E-state index contributed by atoms with van der Waals surface area (Å²) < 4.78 is 24.5. The van der Waals surface area contributed by atoms with E-state index in [-0.39, 0.29) is 25.0 Å². The summed E-state index contributed by atoms with van der Waals surface area (Å²) in [6.07, 6.45) is 0. The molecular weight excluding hydrogens is 567 g/mol. The summed E-state index contributed by atoms with van der Waals surface area (Å²) in [5, 5.41) is 3.86. The van der Waals surface area contributed by atoms with Crippen molar-refractivity contribution in [3.63, 3.8) is 0 Å². The molecule has 0 radical (unpaired) electrons. The summed E-state index contributed by atoms with van der Waals surface area (Å²) in [5.74, 6) is -0.113. The number of benzene rings is 3. The molecule has 0 bridgehead atoms. The fourth-order valence-electron chi connectivity index (χ4n) is 4.38. The average molecular weight is 593 g/mol. The number of aryl methyl sites for hydroxylation is 2. The monoisotopic (exact) mass is 592 g/mol. The highest BCUT2D eigenvalue weighted by Gasteiger charge is 2.32. The molecule has 8 nitrogen and oxygen atoms in total. The number of carbonyl (C=O) groups excluding carboxylic acids is 2. The van der Waals surface area contributed by atoms with Crippen LogP contribution in [-0.4, -0.2) is 39.2 Å². The van der Waals surface area contributed by atoms with E-state index in [0.717, 1.165) is 11.4 Å². The molecule has 2 heterocycles. The number of halogens is 2. The Morgan fingerprint density at radius 3 is 2.37 bits per heavy atom. The maximum atomic E-state index is 14.0. The molecule has 0 saturated heterocycles. The number of hydrogen-bond donors (Lipinski definition) is 1. The number of hydrogen-bond acceptors (Lipinski definition) is 7. The van der Waals surface area contributed by atoms with Crippen LogP contribution in [0.3, 0.4) is 0 Å². The van der Waals surface area contributed by atoms with E-state index >= 15 is 0 Å². The van der Waals surface area contributed by atoms with Crippen molar-refractivity contribution in [2.24, 2.45) is 0 Å². The van der Waals surface area contributed by atoms with Crippen LogP contribution in [-0.2, 0) is 16.1 Å². The fourth-order valence-corrected chi connectivity index (χ4v) is 5.34. The van der Waals surface area contributed by atoms with Gasteiger partial charge in [-0.25, -0.2) is 14.4 Å². The van der Waals surface area contributed by atoms with Crippen molar-refractivity contribution >= 4 is 40.9 Å². The quantitative estimate of drug-likeness (QED) is 0.185. The lowest BCUT2D eigenvalue weighted by molar-refractivity contribution is -0.137. The van der Waals surface area contributed by atoms with E-state index < -0.39 is 17.8 Å². The maximum absolute atomic E-state index is 14.0. The van der Waals surface area contributed by atoms with Gasteiger partial charge in [-0.3, -0.25) is 9.59 Å². The predicted octanol–water partition coefficient (Wildman–Crippen LogP) is 6.12. The second-order valence-electron chi connectivity index (χ2n) is 9.38. The zero-order valence-electron chi connectivity index (χ0n) is 22.3. The first-order valence-electron chi connectivity index (χ1n) is 12.7. The largest absolute Gasteiger partial charge is 0.454 e. The Labute approximate surface area is 245 Å². The summed E-state index contributed by atoms with van der Waals surface area (Å²) in [6, 6.07) is 18.4. The molecule has 5 rings (SSSR count). The van der Waals surface area contributed by atoms with Crippen molar-refractivity contribution in [2.75, 3.05) is 17.9 Å². The van der Waals surface area contributed by atoms with Gasteiger partial charge in [0.2, 0.25) is 12.7 Å². The Balaban J connectivity index is 1.48. The van der Waals surface area contributed by atoms with Crippen molar-refractivity contribution in [3.05, 3.63) is 106 Å². The number of nitrogens with zero attached hydrogens (tertiary/aromatic N) is 3. The number of carbonyl (C=O) groups is 2. The Kier molecular flexibility index (Phi) is 8.70. The maximum Gasteiger partial charge on any atom is 0.251 e. The molecule has 4 aromatic rings. The van der Waals surface area contributed by atoms with E-state index in [4.69, 9.17) is 21.1 Å². The summed E-state index contributed by atoms with van der Waals surface area (Å²) in [6.45, 7) is 3.87. The lowest BCUT2D eigenvalue weighted by Crippen LogP contribution is -2.41. The number of thioether (sulfide) groups is 1. The molecule has 1 aliphatic rings. The van der Waals surface area contributed by atoms with Gasteiger partial charge in [0.25, 0.3) is 5.91 Å². The van der Waals surface area contributed by atoms with Gasteiger partial charge in [0.05, 0.1) is 5.75 Å². The highest BCUT2D eigenvalue weighted by molar-refractivity contribution is 7.99. The molecule has 0 spiro atoms. The van der Waals surface area contributed by atoms with Gasteiger partial charge in [0.1, 0.15) is 11.9 Å². The molecule has 2 amide bonds. The third-order valence-corrected chi connectivity index (χ3v) is 7.34. The first-order chi connectivity index (χ1) is 19.7. The number of ether oxygens (including phenoxy) is 2. The van der Waals surface area contributed by atoms with E-state index in [1.54, 1.807) is 54.6 Å². The van der Waals surface area contributed by atoms with Gasteiger partial charge in [-0.15, -0.1) is 0 Å². The number of fused-ring (bicyclic) bond motifs is 1. The van der Waals surface area contributed by atoms with Gasteiger partial charge in [0, 0.05) is 34.7 Å². The first-order valence-corrected chi connectivity index (χ1v) is 14.1. The minimum Gasteiger partial charge on any atom is -0.454 e. The number of amides is 2. The van der Waals surface area contributed by atoms with Crippen LogP contribution in [0.1, 0.15) is 28.6 Å². The van der Waals surface area contributed by atoms with Gasteiger partial charge >= 0.3 is 0 Å². The van der Waals surface area contributed by atoms with Crippen LogP contribution < -0.4 is 14.8 Å². The summed E-state index contributed by atoms with van der Waals surface area (Å²) >= 11 is 7.34. The topological polar surface area (TPSA) is 93.7 Å². The van der Waals surface area contributed by atoms with Crippen LogP contribution in [0.25, 0.3) is 0 Å². The summed E-state index contributed by atoms with van der Waals surface area (Å²) in [4.78, 5) is 38.1. The zero-order chi connectivity index (χ0) is 28.9. The molecule has 0 saturated carbocycles.